The molecule has 1 atom stereocenters. The van der Waals surface area contributed by atoms with E-state index in [2.05, 4.69) is 22.3 Å². The molecule has 3 aromatic carbocycles. The van der Waals surface area contributed by atoms with Gasteiger partial charge in [-0.15, -0.1) is 0 Å². The molecule has 0 aliphatic rings. The maximum Gasteiger partial charge on any atom is 0.247 e. The fraction of sp³-hybridized carbons (Fsp3) is 0.240. The van der Waals surface area contributed by atoms with Crippen LogP contribution in [-0.2, 0) is 11.2 Å². The Balaban J connectivity index is 1.84. The highest BCUT2D eigenvalue weighted by molar-refractivity contribution is 6.30. The molecule has 0 fully saturated rings. The second kappa shape index (κ2) is 10.7. The molecule has 1 amide bonds. The van der Waals surface area contributed by atoms with Crippen molar-refractivity contribution in [2.75, 3.05) is 25.6 Å². The van der Waals surface area contributed by atoms with Gasteiger partial charge in [0, 0.05) is 24.3 Å². The van der Waals surface area contributed by atoms with Crippen molar-refractivity contribution < 1.29 is 9.53 Å². The van der Waals surface area contributed by atoms with E-state index in [1.807, 2.05) is 66.7 Å². The number of hydrogen-bond acceptors (Lipinski definition) is 3. The van der Waals surface area contributed by atoms with E-state index in [9.17, 15) is 4.79 Å². The summed E-state index contributed by atoms with van der Waals surface area (Å²) in [4.78, 5) is 15.1. The van der Waals surface area contributed by atoms with E-state index in [1.165, 1.54) is 5.56 Å². The number of benzene rings is 3. The van der Waals surface area contributed by atoms with Crippen molar-refractivity contribution in [3.05, 3.63) is 95.0 Å². The van der Waals surface area contributed by atoms with Crippen molar-refractivity contribution in [2.45, 2.75) is 18.9 Å². The zero-order valence-corrected chi connectivity index (χ0v) is 18.1. The minimum Gasteiger partial charge on any atom is -0.497 e. The van der Waals surface area contributed by atoms with Gasteiger partial charge in [0.05, 0.1) is 7.11 Å². The van der Waals surface area contributed by atoms with Crippen LogP contribution in [-0.4, -0.2) is 26.6 Å². The van der Waals surface area contributed by atoms with Crippen LogP contribution < -0.4 is 15.0 Å². The summed E-state index contributed by atoms with van der Waals surface area (Å²) in [5.41, 5.74) is 3.16. The van der Waals surface area contributed by atoms with Gasteiger partial charge in [-0.3, -0.25) is 4.79 Å². The van der Waals surface area contributed by atoms with Gasteiger partial charge in [-0.1, -0.05) is 54.1 Å². The van der Waals surface area contributed by atoms with Crippen LogP contribution in [0.4, 0.5) is 5.69 Å². The van der Waals surface area contributed by atoms with Crippen LogP contribution in [0, 0.1) is 0 Å². The van der Waals surface area contributed by atoms with Crippen LogP contribution in [0.3, 0.4) is 0 Å². The molecule has 1 N–H and O–H groups in total. The third-order valence-corrected chi connectivity index (χ3v) is 5.36. The number of hydrogen-bond donors (Lipinski definition) is 1. The number of nitrogens with zero attached hydrogens (tertiary/aromatic N) is 1. The van der Waals surface area contributed by atoms with E-state index in [4.69, 9.17) is 16.3 Å². The average molecular weight is 423 g/mol. The van der Waals surface area contributed by atoms with Gasteiger partial charge in [0.1, 0.15) is 11.8 Å². The van der Waals surface area contributed by atoms with Gasteiger partial charge in [0.25, 0.3) is 0 Å². The van der Waals surface area contributed by atoms with E-state index >= 15 is 0 Å². The number of nitrogens with one attached hydrogen (secondary N) is 1. The summed E-state index contributed by atoms with van der Waals surface area (Å²) >= 11 is 6.10. The van der Waals surface area contributed by atoms with Crippen LogP contribution in [0.5, 0.6) is 5.75 Å². The lowest BCUT2D eigenvalue weighted by molar-refractivity contribution is -0.122. The number of carbonyl (C=O) groups excluding carboxylic acids is 1. The lowest BCUT2D eigenvalue weighted by atomic mass is 10.0. The summed E-state index contributed by atoms with van der Waals surface area (Å²) in [5.74, 6) is 0.811. The molecule has 5 heteroatoms. The summed E-state index contributed by atoms with van der Waals surface area (Å²) in [6, 6.07) is 25.2. The highest BCUT2D eigenvalue weighted by Crippen LogP contribution is 2.29. The first kappa shape index (κ1) is 21.7. The molecule has 156 valence electrons. The maximum atomic E-state index is 12.9. The Bertz CT molecular complexity index is 928. The molecule has 0 saturated heterocycles. The third kappa shape index (κ3) is 5.55. The number of anilines is 1. The van der Waals surface area contributed by atoms with Crippen molar-refractivity contribution in [1.29, 1.82) is 0 Å². The molecular formula is C25H27ClN2O2. The summed E-state index contributed by atoms with van der Waals surface area (Å²) in [6.07, 6.45) is 1.80. The number of ether oxygens (including phenoxy) is 1. The maximum absolute atomic E-state index is 12.9. The van der Waals surface area contributed by atoms with E-state index in [1.54, 1.807) is 14.2 Å². The zero-order valence-electron chi connectivity index (χ0n) is 17.3. The fourth-order valence-corrected chi connectivity index (χ4v) is 3.66. The Labute approximate surface area is 183 Å². The van der Waals surface area contributed by atoms with Crippen molar-refractivity contribution in [2.24, 2.45) is 0 Å². The predicted octanol–water partition coefficient (Wildman–Crippen LogP) is 5.28. The van der Waals surface area contributed by atoms with Gasteiger partial charge >= 0.3 is 0 Å². The summed E-state index contributed by atoms with van der Waals surface area (Å²) in [7, 11) is 3.34. The number of methoxy groups -OCH3 is 1. The predicted molar refractivity (Wildman–Crippen MR) is 123 cm³/mol. The van der Waals surface area contributed by atoms with Gasteiger partial charge in [0.15, 0.2) is 0 Å². The largest absolute Gasteiger partial charge is 0.497 e. The lowest BCUT2D eigenvalue weighted by Gasteiger charge is -2.33. The SMILES string of the molecule is CNC(=O)[C@H](c1ccccc1)N(CCCc1ccc(OC)cc1)c1ccc(Cl)cc1. The Kier molecular flexibility index (Phi) is 7.75. The van der Waals surface area contributed by atoms with E-state index < -0.39 is 6.04 Å². The summed E-state index contributed by atoms with van der Waals surface area (Å²) in [5, 5.41) is 3.50. The van der Waals surface area contributed by atoms with E-state index in [-0.39, 0.29) is 5.91 Å². The van der Waals surface area contributed by atoms with Crippen LogP contribution >= 0.6 is 11.6 Å². The highest BCUT2D eigenvalue weighted by Gasteiger charge is 2.27. The van der Waals surface area contributed by atoms with E-state index in [0.29, 0.717) is 5.02 Å². The molecule has 30 heavy (non-hydrogen) atoms. The standard InChI is InChI=1S/C25H27ClN2O2/c1-27-25(29)24(20-8-4-3-5-9-20)28(22-14-12-21(26)13-15-22)18-6-7-19-10-16-23(30-2)17-11-19/h3-5,8-17,24H,6-7,18H2,1-2H3,(H,27,29)/t24-/m0/s1. The number of aryl methyl sites for hydroxylation is 1. The molecular weight excluding hydrogens is 396 g/mol. The average Bonchev–Trinajstić information content (AvgIpc) is 2.80. The quantitative estimate of drug-likeness (QED) is 0.510. The summed E-state index contributed by atoms with van der Waals surface area (Å²) < 4.78 is 5.24. The highest BCUT2D eigenvalue weighted by atomic mass is 35.5. The molecule has 3 rings (SSSR count). The molecule has 0 saturated carbocycles. The van der Waals surface area contributed by atoms with Crippen molar-refractivity contribution in [1.82, 2.24) is 5.32 Å². The molecule has 0 aromatic heterocycles. The first-order valence-corrected chi connectivity index (χ1v) is 10.4. The third-order valence-electron chi connectivity index (χ3n) is 5.10. The lowest BCUT2D eigenvalue weighted by Crippen LogP contribution is -2.40. The molecule has 0 spiro atoms. The molecule has 0 bridgehead atoms. The number of carbonyl (C=O) groups is 1. The van der Waals surface area contributed by atoms with Crippen LogP contribution in [0.15, 0.2) is 78.9 Å². The van der Waals surface area contributed by atoms with Gasteiger partial charge in [-0.25, -0.2) is 0 Å². The molecule has 0 aliphatic heterocycles. The van der Waals surface area contributed by atoms with Crippen molar-refractivity contribution in [3.8, 4) is 5.75 Å². The van der Waals surface area contributed by atoms with E-state index in [0.717, 1.165) is 36.4 Å². The second-order valence-electron chi connectivity index (χ2n) is 7.05. The first-order chi connectivity index (χ1) is 14.6. The Morgan fingerprint density at radius 3 is 2.27 bits per heavy atom. The van der Waals surface area contributed by atoms with Crippen molar-refractivity contribution in [3.63, 3.8) is 0 Å². The van der Waals surface area contributed by atoms with Gasteiger partial charge < -0.3 is 15.0 Å². The minimum atomic E-state index is -0.423. The zero-order chi connectivity index (χ0) is 21.3. The molecule has 0 aliphatic carbocycles. The molecule has 4 nitrogen and oxygen atoms in total. The topological polar surface area (TPSA) is 41.6 Å². The van der Waals surface area contributed by atoms with Gasteiger partial charge in [-0.05, 0) is 60.4 Å². The summed E-state index contributed by atoms with van der Waals surface area (Å²) in [6.45, 7) is 0.723. The normalized spacial score (nSPS) is 11.6. The molecule has 0 heterocycles. The second-order valence-corrected chi connectivity index (χ2v) is 7.49. The molecule has 3 aromatic rings. The molecule has 0 unspecified atom stereocenters. The van der Waals surface area contributed by atoms with Crippen molar-refractivity contribution >= 4 is 23.2 Å². The first-order valence-electron chi connectivity index (χ1n) is 10.0. The number of halogens is 1. The number of amides is 1. The monoisotopic (exact) mass is 422 g/mol. The Hall–Kier alpha value is -2.98. The fourth-order valence-electron chi connectivity index (χ4n) is 3.53. The van der Waals surface area contributed by atoms with Gasteiger partial charge in [-0.2, -0.15) is 0 Å². The minimum absolute atomic E-state index is 0.0411. The Morgan fingerprint density at radius 1 is 1.00 bits per heavy atom. The number of likely N-dealkylation sites (N-methyl/N-ethyl adjacent to an activating group) is 1. The van der Waals surface area contributed by atoms with Crippen LogP contribution in [0.2, 0.25) is 5.02 Å². The Morgan fingerprint density at radius 2 is 1.67 bits per heavy atom. The van der Waals surface area contributed by atoms with Gasteiger partial charge in [0.2, 0.25) is 5.91 Å². The molecule has 0 radical (unpaired) electrons. The van der Waals surface area contributed by atoms with Crippen LogP contribution in [0.1, 0.15) is 23.6 Å². The smallest absolute Gasteiger partial charge is 0.247 e. The van der Waals surface area contributed by atoms with Crippen LogP contribution in [0.25, 0.3) is 0 Å². The number of rotatable bonds is 9.